The molecule has 0 radical (unpaired) electrons. The van der Waals surface area contributed by atoms with Gasteiger partial charge in [-0.15, -0.1) is 0 Å². The van der Waals surface area contributed by atoms with Crippen LogP contribution in [0, 0.1) is 19.3 Å². The number of aryl methyl sites for hydroxylation is 2. The molecule has 0 N–H and O–H groups in total. The topological polar surface area (TPSA) is 51.7 Å². The van der Waals surface area contributed by atoms with Crippen molar-refractivity contribution in [3.8, 4) is 0 Å². The number of pyridine rings is 1. The fourth-order valence-corrected chi connectivity index (χ4v) is 6.21. The minimum absolute atomic E-state index is 0.207. The molecule has 2 aromatic rings. The summed E-state index contributed by atoms with van der Waals surface area (Å²) in [5, 5.41) is 0. The summed E-state index contributed by atoms with van der Waals surface area (Å²) < 4.78 is 11.9. The average molecular weight is 449 g/mol. The van der Waals surface area contributed by atoms with Crippen LogP contribution in [0.5, 0.6) is 0 Å². The van der Waals surface area contributed by atoms with Gasteiger partial charge in [0.1, 0.15) is 0 Å². The third-order valence-electron chi connectivity index (χ3n) is 8.09. The zero-order valence-electron chi connectivity index (χ0n) is 20.0. The smallest absolute Gasteiger partial charge is 0.233 e. The Labute approximate surface area is 197 Å². The van der Waals surface area contributed by atoms with Crippen molar-refractivity contribution >= 4 is 5.91 Å². The third kappa shape index (κ3) is 4.58. The van der Waals surface area contributed by atoms with E-state index in [9.17, 15) is 4.79 Å². The Morgan fingerprint density at radius 2 is 1.79 bits per heavy atom. The Bertz CT molecular complexity index is 956. The first-order valence-electron chi connectivity index (χ1n) is 12.5. The summed E-state index contributed by atoms with van der Waals surface area (Å²) in [6, 6.07) is 12.7. The van der Waals surface area contributed by atoms with Gasteiger partial charge in [-0.25, -0.2) is 0 Å². The molecule has 0 unspecified atom stereocenters. The van der Waals surface area contributed by atoms with Gasteiger partial charge < -0.3 is 14.4 Å². The van der Waals surface area contributed by atoms with E-state index < -0.39 is 5.41 Å². The first kappa shape index (κ1) is 22.5. The molecule has 3 aliphatic heterocycles. The van der Waals surface area contributed by atoms with E-state index in [1.54, 1.807) is 0 Å². The van der Waals surface area contributed by atoms with Gasteiger partial charge in [0.15, 0.2) is 0 Å². The molecule has 5 heteroatoms. The zero-order valence-corrected chi connectivity index (χ0v) is 20.0. The Hall–Kier alpha value is -2.24. The molecule has 5 rings (SSSR count). The fourth-order valence-electron chi connectivity index (χ4n) is 6.21. The normalized spacial score (nSPS) is 24.2. The van der Waals surface area contributed by atoms with Crippen LogP contribution in [-0.4, -0.2) is 54.8 Å². The van der Waals surface area contributed by atoms with Gasteiger partial charge >= 0.3 is 0 Å². The number of likely N-dealkylation sites (tertiary alicyclic amines) is 1. The highest BCUT2D eigenvalue weighted by Crippen LogP contribution is 2.44. The molecular weight excluding hydrogens is 412 g/mol. The van der Waals surface area contributed by atoms with E-state index in [1.807, 2.05) is 18.3 Å². The number of ether oxygens (including phenoxy) is 2. The molecule has 1 aromatic heterocycles. The minimum atomic E-state index is -0.451. The maximum atomic E-state index is 14.0. The fraction of sp³-hybridized carbons (Fsp3) is 0.571. The summed E-state index contributed by atoms with van der Waals surface area (Å²) in [5.74, 6) is 0.301. The van der Waals surface area contributed by atoms with Crippen molar-refractivity contribution in [1.29, 1.82) is 0 Å². The van der Waals surface area contributed by atoms with Crippen LogP contribution in [0.25, 0.3) is 0 Å². The third-order valence-corrected chi connectivity index (χ3v) is 8.09. The molecule has 3 aliphatic rings. The summed E-state index contributed by atoms with van der Waals surface area (Å²) in [6.45, 7) is 8.01. The maximum Gasteiger partial charge on any atom is 0.233 e. The highest BCUT2D eigenvalue weighted by molar-refractivity contribution is 5.88. The van der Waals surface area contributed by atoms with Crippen molar-refractivity contribution in [1.82, 2.24) is 9.88 Å². The number of aromatic nitrogens is 1. The summed E-state index contributed by atoms with van der Waals surface area (Å²) in [6.07, 6.45) is 7.62. The lowest BCUT2D eigenvalue weighted by atomic mass is 9.71. The van der Waals surface area contributed by atoms with E-state index in [4.69, 9.17) is 9.47 Å². The van der Waals surface area contributed by atoms with Crippen molar-refractivity contribution in [3.05, 3.63) is 65.0 Å². The van der Waals surface area contributed by atoms with Crippen LogP contribution < -0.4 is 0 Å². The van der Waals surface area contributed by atoms with Gasteiger partial charge in [-0.1, -0.05) is 35.4 Å². The predicted molar refractivity (Wildman–Crippen MR) is 128 cm³/mol. The molecule has 1 spiro atoms. The summed E-state index contributed by atoms with van der Waals surface area (Å²) in [4.78, 5) is 20.6. The van der Waals surface area contributed by atoms with E-state index in [1.165, 1.54) is 16.7 Å². The van der Waals surface area contributed by atoms with Crippen LogP contribution in [-0.2, 0) is 26.1 Å². The van der Waals surface area contributed by atoms with Gasteiger partial charge in [0.05, 0.1) is 18.1 Å². The summed E-state index contributed by atoms with van der Waals surface area (Å²) in [7, 11) is 0. The van der Waals surface area contributed by atoms with E-state index in [-0.39, 0.29) is 11.5 Å². The number of hydrogen-bond acceptors (Lipinski definition) is 4. The second kappa shape index (κ2) is 9.19. The maximum absolute atomic E-state index is 14.0. The van der Waals surface area contributed by atoms with Crippen LogP contribution in [0.3, 0.4) is 0 Å². The number of rotatable bonds is 4. The molecule has 176 valence electrons. The number of piperidine rings is 1. The second-order valence-electron chi connectivity index (χ2n) is 10.5. The van der Waals surface area contributed by atoms with Crippen molar-refractivity contribution in [3.63, 3.8) is 0 Å². The molecule has 3 fully saturated rings. The SMILES string of the molecule is Cc1cc(C)cc(C2(C(=O)N3CCC4(CC3)CO[C@H](Cc3ccccn3)C4)CCOCC2)c1. The molecule has 4 heterocycles. The average Bonchev–Trinajstić information content (AvgIpc) is 3.21. The monoisotopic (exact) mass is 448 g/mol. The number of nitrogens with zero attached hydrogens (tertiary/aromatic N) is 2. The molecule has 0 saturated carbocycles. The van der Waals surface area contributed by atoms with Crippen LogP contribution in [0.15, 0.2) is 42.6 Å². The molecule has 3 saturated heterocycles. The zero-order chi connectivity index (χ0) is 22.9. The summed E-state index contributed by atoms with van der Waals surface area (Å²) in [5.41, 5.74) is 4.48. The largest absolute Gasteiger partial charge is 0.381 e. The summed E-state index contributed by atoms with van der Waals surface area (Å²) >= 11 is 0. The van der Waals surface area contributed by atoms with E-state index in [0.717, 1.165) is 63.9 Å². The van der Waals surface area contributed by atoms with Crippen molar-refractivity contribution in [2.24, 2.45) is 5.41 Å². The standard InChI is InChI=1S/C28H36N2O3/c1-21-15-22(2)17-23(16-21)28(8-13-32-14-9-28)26(31)30-11-6-27(7-12-30)19-25(33-20-27)18-24-5-3-4-10-29-24/h3-5,10,15-17,25H,6-9,11-14,18-20H2,1-2H3/t25-/m1/s1. The first-order valence-corrected chi connectivity index (χ1v) is 12.5. The van der Waals surface area contributed by atoms with Gasteiger partial charge in [0.2, 0.25) is 5.91 Å². The van der Waals surface area contributed by atoms with Crippen molar-refractivity contribution in [2.45, 2.75) is 63.9 Å². The number of hydrogen-bond donors (Lipinski definition) is 0. The molecule has 33 heavy (non-hydrogen) atoms. The Morgan fingerprint density at radius 3 is 2.45 bits per heavy atom. The lowest BCUT2D eigenvalue weighted by Crippen LogP contribution is -2.53. The highest BCUT2D eigenvalue weighted by Gasteiger charge is 2.48. The van der Waals surface area contributed by atoms with Crippen LogP contribution in [0.4, 0.5) is 0 Å². The number of carbonyl (C=O) groups excluding carboxylic acids is 1. The predicted octanol–water partition coefficient (Wildman–Crippen LogP) is 4.39. The van der Waals surface area contributed by atoms with Crippen LogP contribution in [0.1, 0.15) is 54.5 Å². The molecule has 1 atom stereocenters. The molecule has 0 bridgehead atoms. The minimum Gasteiger partial charge on any atom is -0.381 e. The lowest BCUT2D eigenvalue weighted by molar-refractivity contribution is -0.143. The molecule has 0 aliphatic carbocycles. The lowest BCUT2D eigenvalue weighted by Gasteiger charge is -2.44. The number of benzene rings is 1. The Kier molecular flexibility index (Phi) is 6.28. The van der Waals surface area contributed by atoms with Gasteiger partial charge in [0.25, 0.3) is 0 Å². The Balaban J connectivity index is 1.27. The molecule has 1 amide bonds. The van der Waals surface area contributed by atoms with Gasteiger partial charge in [-0.3, -0.25) is 9.78 Å². The first-order chi connectivity index (χ1) is 16.0. The number of amides is 1. The molecule has 5 nitrogen and oxygen atoms in total. The Morgan fingerprint density at radius 1 is 1.06 bits per heavy atom. The molecule has 1 aromatic carbocycles. The quantitative estimate of drug-likeness (QED) is 0.696. The van der Waals surface area contributed by atoms with Gasteiger partial charge in [0, 0.05) is 44.6 Å². The van der Waals surface area contributed by atoms with Crippen LogP contribution >= 0.6 is 0 Å². The van der Waals surface area contributed by atoms with Gasteiger partial charge in [-0.2, -0.15) is 0 Å². The van der Waals surface area contributed by atoms with Crippen LogP contribution in [0.2, 0.25) is 0 Å². The second-order valence-corrected chi connectivity index (χ2v) is 10.5. The van der Waals surface area contributed by atoms with Crippen molar-refractivity contribution in [2.75, 3.05) is 32.9 Å². The van der Waals surface area contributed by atoms with Gasteiger partial charge in [-0.05, 0) is 69.1 Å². The van der Waals surface area contributed by atoms with Crippen molar-refractivity contribution < 1.29 is 14.3 Å². The van der Waals surface area contributed by atoms with E-state index >= 15 is 0 Å². The molecular formula is C28H36N2O3. The van der Waals surface area contributed by atoms with E-state index in [0.29, 0.717) is 19.1 Å². The highest BCUT2D eigenvalue weighted by atomic mass is 16.5. The van der Waals surface area contributed by atoms with E-state index in [2.05, 4.69) is 48.0 Å². The number of carbonyl (C=O) groups is 1.